The predicted molar refractivity (Wildman–Crippen MR) is 249 cm³/mol. The maximum Gasteiger partial charge on any atom is 0.408 e. The minimum absolute atomic E-state index is 0.0979. The average molecular weight is 1020 g/mol. The summed E-state index contributed by atoms with van der Waals surface area (Å²) in [4.78, 5) is 66.2. The zero-order valence-electron chi connectivity index (χ0n) is 43.7. The van der Waals surface area contributed by atoms with E-state index in [2.05, 4.69) is 32.7 Å². The molecule has 1 aliphatic carbocycles. The number of aliphatic hydroxyl groups excluding tert-OH is 3. The van der Waals surface area contributed by atoms with Gasteiger partial charge in [0.15, 0.2) is 18.4 Å². The maximum absolute atomic E-state index is 13.9. The number of hydrogen-bond acceptors (Lipinski definition) is 19. The molecule has 0 bridgehead atoms. The van der Waals surface area contributed by atoms with Gasteiger partial charge in [0.05, 0.1) is 42.9 Å². The van der Waals surface area contributed by atoms with Gasteiger partial charge in [-0.3, -0.25) is 4.79 Å². The van der Waals surface area contributed by atoms with Gasteiger partial charge in [0.2, 0.25) is 5.91 Å². The highest BCUT2D eigenvalue weighted by atomic mass is 16.8. The lowest BCUT2D eigenvalue weighted by Crippen LogP contribution is -2.72. The molecule has 0 aromatic carbocycles. The number of nitriles is 1. The average Bonchev–Trinajstić information content (AvgIpc) is 3.19. The SMILES string of the molecule is CC(C)(C)OC(=O)NCC[C@H](O)C(=O)N[C@@H]1C[C@H](NC(=O)OC(C)(C)C)C(O[C@@H]2OC(CCC#N)CCC2NC(=O)OC(C)(C)C)C(O)[C@@H]1O[C@@H]1OC2COC(C)(C)O[C@@H]2[C@H](NC(=O)OC(C)(C)C)C1O. The van der Waals surface area contributed by atoms with Crippen LogP contribution in [-0.2, 0) is 52.2 Å². The molecule has 406 valence electrons. The van der Waals surface area contributed by atoms with Gasteiger partial charge in [0, 0.05) is 13.0 Å². The van der Waals surface area contributed by atoms with Crippen molar-refractivity contribution in [2.75, 3.05) is 13.2 Å². The first kappa shape index (κ1) is 59.2. The number of rotatable bonds is 14. The van der Waals surface area contributed by atoms with Crippen molar-refractivity contribution >= 4 is 30.3 Å². The summed E-state index contributed by atoms with van der Waals surface area (Å²) in [6.07, 6.45) is -16.9. The van der Waals surface area contributed by atoms with Crippen LogP contribution in [0.5, 0.6) is 0 Å². The number of carbonyl (C=O) groups is 5. The van der Waals surface area contributed by atoms with Crippen LogP contribution >= 0.6 is 0 Å². The van der Waals surface area contributed by atoms with E-state index in [0.29, 0.717) is 12.8 Å². The molecule has 0 spiro atoms. The van der Waals surface area contributed by atoms with Crippen molar-refractivity contribution < 1.29 is 86.7 Å². The summed E-state index contributed by atoms with van der Waals surface area (Å²) in [5, 5.41) is 58.6. The maximum atomic E-state index is 13.9. The number of nitrogens with zero attached hydrogens (tertiary/aromatic N) is 1. The third-order valence-corrected chi connectivity index (χ3v) is 11.1. The Morgan fingerprint density at radius 1 is 0.690 bits per heavy atom. The van der Waals surface area contributed by atoms with E-state index in [0.717, 1.165) is 0 Å². The summed E-state index contributed by atoms with van der Waals surface area (Å²) in [6, 6.07) is -2.64. The second-order valence-electron chi connectivity index (χ2n) is 22.7. The van der Waals surface area contributed by atoms with E-state index < -0.39 is 144 Å². The number of alkyl carbamates (subject to hydrolysis) is 4. The van der Waals surface area contributed by atoms with Crippen LogP contribution < -0.4 is 26.6 Å². The van der Waals surface area contributed by atoms with Crippen LogP contribution in [0.4, 0.5) is 19.2 Å². The molecule has 24 nitrogen and oxygen atoms in total. The fraction of sp³-hybridized carbons (Fsp3) is 0.872. The molecule has 14 atom stereocenters. The largest absolute Gasteiger partial charge is 0.444 e. The van der Waals surface area contributed by atoms with Gasteiger partial charge in [-0.15, -0.1) is 0 Å². The fourth-order valence-electron chi connectivity index (χ4n) is 8.24. The molecule has 0 radical (unpaired) electrons. The van der Waals surface area contributed by atoms with Crippen molar-refractivity contribution in [3.8, 4) is 6.07 Å². The van der Waals surface area contributed by atoms with Crippen LogP contribution in [0.2, 0.25) is 0 Å². The summed E-state index contributed by atoms with van der Waals surface area (Å²) in [5.41, 5.74) is -3.61. The molecule has 0 aromatic rings. The molecular formula is C47H80N6O18. The normalized spacial score (nSPS) is 31.5. The number of amides is 5. The zero-order chi connectivity index (χ0) is 53.4. The fourth-order valence-corrected chi connectivity index (χ4v) is 8.24. The van der Waals surface area contributed by atoms with Gasteiger partial charge < -0.3 is 89.3 Å². The Morgan fingerprint density at radius 3 is 1.75 bits per heavy atom. The number of carbonyl (C=O) groups excluding carboxylic acids is 5. The van der Waals surface area contributed by atoms with Gasteiger partial charge in [-0.2, -0.15) is 5.26 Å². The summed E-state index contributed by atoms with van der Waals surface area (Å²) in [7, 11) is 0. The Labute approximate surface area is 416 Å². The van der Waals surface area contributed by atoms with Crippen molar-refractivity contribution in [2.45, 2.75) is 249 Å². The van der Waals surface area contributed by atoms with Crippen LogP contribution in [0, 0.1) is 11.3 Å². The molecule has 5 amide bonds. The third kappa shape index (κ3) is 19.2. The van der Waals surface area contributed by atoms with E-state index in [1.54, 1.807) is 96.9 Å². The highest BCUT2D eigenvalue weighted by Gasteiger charge is 2.56. The molecule has 0 aromatic heterocycles. The van der Waals surface area contributed by atoms with Crippen LogP contribution in [-0.4, -0.2) is 173 Å². The number of ether oxygens (including phenoxy) is 10. The van der Waals surface area contributed by atoms with Crippen LogP contribution in [0.25, 0.3) is 0 Å². The summed E-state index contributed by atoms with van der Waals surface area (Å²) < 4.78 is 59.7. The van der Waals surface area contributed by atoms with Gasteiger partial charge in [-0.1, -0.05) is 0 Å². The first-order valence-corrected chi connectivity index (χ1v) is 24.2. The molecule has 3 aliphatic heterocycles. The standard InChI is InChI=1S/C47H80N6O18/c1-43(2,3)68-39(58)49-21-19-28(54)36(57)50-26-22-27(52-41(60)70-45(7,8)9)34(65-37-25(51-40(59)69-44(4,5)6)18-17-24(63-37)16-15-20-48)32(56)33(26)66-38-31(55)30(53-42(61)71-46(10,11)12)35-29(64-38)23-62-47(13,14)67-35/h24-35,37-38,54-56H,15-19,21-23H2,1-14H3,(H,49,58)(H,50,57)(H,51,59)(H,52,60)(H,53,61)/t24?,25?,26-,27+,28+,29?,30-,31?,32?,33-,34?,35+,37+,38+/m1/s1. The van der Waals surface area contributed by atoms with Crippen molar-refractivity contribution in [3.63, 3.8) is 0 Å². The smallest absolute Gasteiger partial charge is 0.408 e. The number of nitrogens with one attached hydrogen (secondary N) is 5. The lowest BCUT2D eigenvalue weighted by molar-refractivity contribution is -0.376. The second kappa shape index (κ2) is 24.1. The van der Waals surface area contributed by atoms with E-state index in [9.17, 15) is 44.6 Å². The highest BCUT2D eigenvalue weighted by Crippen LogP contribution is 2.37. The molecule has 8 N–H and O–H groups in total. The topological polar surface area (TPSA) is 322 Å². The Morgan fingerprint density at radius 2 is 1.20 bits per heavy atom. The zero-order valence-corrected chi connectivity index (χ0v) is 43.7. The molecule has 24 heteroatoms. The Kier molecular flexibility index (Phi) is 20.1. The van der Waals surface area contributed by atoms with E-state index in [1.165, 1.54) is 0 Å². The van der Waals surface area contributed by atoms with Crippen molar-refractivity contribution in [2.24, 2.45) is 0 Å². The summed E-state index contributed by atoms with van der Waals surface area (Å²) >= 11 is 0. The minimum atomic E-state index is -1.88. The van der Waals surface area contributed by atoms with Crippen molar-refractivity contribution in [3.05, 3.63) is 0 Å². The van der Waals surface area contributed by atoms with Crippen LogP contribution in [0.3, 0.4) is 0 Å². The van der Waals surface area contributed by atoms with Gasteiger partial charge >= 0.3 is 24.4 Å². The molecule has 3 saturated heterocycles. The molecule has 4 rings (SSSR count). The molecule has 4 fully saturated rings. The number of aliphatic hydroxyl groups is 3. The van der Waals surface area contributed by atoms with E-state index in [1.807, 2.05) is 0 Å². The van der Waals surface area contributed by atoms with E-state index in [-0.39, 0.29) is 38.8 Å². The first-order chi connectivity index (χ1) is 32.6. The lowest BCUT2D eigenvalue weighted by Gasteiger charge is -2.52. The van der Waals surface area contributed by atoms with Gasteiger partial charge in [-0.25, -0.2) is 19.2 Å². The molecule has 71 heavy (non-hydrogen) atoms. The number of hydrogen-bond donors (Lipinski definition) is 8. The summed E-state index contributed by atoms with van der Waals surface area (Å²) in [6.45, 7) is 23.0. The van der Waals surface area contributed by atoms with Crippen LogP contribution in [0.1, 0.15) is 135 Å². The predicted octanol–water partition coefficient (Wildman–Crippen LogP) is 3.01. The second-order valence-corrected chi connectivity index (χ2v) is 22.7. The Hall–Kier alpha value is -4.32. The minimum Gasteiger partial charge on any atom is -0.444 e. The van der Waals surface area contributed by atoms with Gasteiger partial charge in [0.1, 0.15) is 65.1 Å². The van der Waals surface area contributed by atoms with Crippen molar-refractivity contribution in [1.82, 2.24) is 26.6 Å². The lowest BCUT2D eigenvalue weighted by atomic mass is 9.83. The molecule has 1 saturated carbocycles. The summed E-state index contributed by atoms with van der Waals surface area (Å²) in [5.74, 6) is -2.14. The molecule has 3 heterocycles. The number of fused-ring (bicyclic) bond motifs is 1. The van der Waals surface area contributed by atoms with Crippen LogP contribution in [0.15, 0.2) is 0 Å². The van der Waals surface area contributed by atoms with Gasteiger partial charge in [-0.05, 0) is 129 Å². The third-order valence-electron chi connectivity index (χ3n) is 11.1. The van der Waals surface area contributed by atoms with Gasteiger partial charge in [0.25, 0.3) is 0 Å². The molecular weight excluding hydrogens is 937 g/mol. The Bertz CT molecular complexity index is 1860. The Balaban J connectivity index is 1.76. The van der Waals surface area contributed by atoms with E-state index in [4.69, 9.17) is 47.4 Å². The van der Waals surface area contributed by atoms with Crippen molar-refractivity contribution in [1.29, 1.82) is 5.26 Å². The molecule has 6 unspecified atom stereocenters. The first-order valence-electron chi connectivity index (χ1n) is 24.2. The monoisotopic (exact) mass is 1020 g/mol. The highest BCUT2D eigenvalue weighted by molar-refractivity contribution is 5.81. The van der Waals surface area contributed by atoms with E-state index >= 15 is 0 Å². The quantitative estimate of drug-likeness (QED) is 0.116. The molecule has 4 aliphatic rings.